The number of nitrogens with zero attached hydrogens (tertiary/aromatic N) is 5. The van der Waals surface area contributed by atoms with Crippen molar-refractivity contribution >= 4 is 11.9 Å². The zero-order valence-electron chi connectivity index (χ0n) is 12.6. The smallest absolute Gasteiger partial charge is 0.229 e. The minimum absolute atomic E-state index is 0.286. The van der Waals surface area contributed by atoms with Crippen LogP contribution in [-0.4, -0.2) is 59.6 Å². The van der Waals surface area contributed by atoms with Crippen LogP contribution in [0.5, 0.6) is 0 Å². The summed E-state index contributed by atoms with van der Waals surface area (Å²) in [5.74, 6) is 1.64. The van der Waals surface area contributed by atoms with Crippen molar-refractivity contribution in [3.8, 4) is 0 Å². The Balaban J connectivity index is 2.02. The zero-order valence-corrected chi connectivity index (χ0v) is 12.6. The van der Waals surface area contributed by atoms with Crippen LogP contribution in [0.2, 0.25) is 0 Å². The van der Waals surface area contributed by atoms with Crippen LogP contribution in [0.15, 0.2) is 0 Å². The Bertz CT molecular complexity index is 429. The molecule has 1 aliphatic rings. The van der Waals surface area contributed by atoms with Gasteiger partial charge in [0, 0.05) is 26.7 Å². The first kappa shape index (κ1) is 14.9. The van der Waals surface area contributed by atoms with Gasteiger partial charge >= 0.3 is 0 Å². The van der Waals surface area contributed by atoms with E-state index in [0.717, 1.165) is 25.5 Å². The highest BCUT2D eigenvalue weighted by Crippen LogP contribution is 2.11. The summed E-state index contributed by atoms with van der Waals surface area (Å²) in [5.41, 5.74) is 5.76. The second-order valence-electron chi connectivity index (χ2n) is 5.43. The number of nitrogens with two attached hydrogens (primary N) is 1. The first-order valence-corrected chi connectivity index (χ1v) is 7.22. The molecule has 0 aliphatic carbocycles. The third-order valence-corrected chi connectivity index (χ3v) is 3.54. The Morgan fingerprint density at radius 3 is 2.70 bits per heavy atom. The average Bonchev–Trinajstić information content (AvgIpc) is 2.90. The van der Waals surface area contributed by atoms with E-state index in [4.69, 9.17) is 5.73 Å². The molecule has 2 heterocycles. The van der Waals surface area contributed by atoms with Crippen molar-refractivity contribution in [1.82, 2.24) is 25.2 Å². The summed E-state index contributed by atoms with van der Waals surface area (Å²) in [6, 6.07) is 0.586. The second-order valence-corrected chi connectivity index (χ2v) is 5.43. The maximum Gasteiger partial charge on any atom is 0.229 e. The first-order chi connectivity index (χ1) is 9.58. The molecule has 1 atom stereocenters. The number of nitrogens with one attached hydrogen (secondary N) is 1. The van der Waals surface area contributed by atoms with Crippen molar-refractivity contribution in [2.45, 2.75) is 32.4 Å². The van der Waals surface area contributed by atoms with Crippen LogP contribution in [0, 0.1) is 0 Å². The summed E-state index contributed by atoms with van der Waals surface area (Å²) < 4.78 is 0. The van der Waals surface area contributed by atoms with Gasteiger partial charge in [-0.1, -0.05) is 6.92 Å². The van der Waals surface area contributed by atoms with Gasteiger partial charge in [0.15, 0.2) is 0 Å². The van der Waals surface area contributed by atoms with Crippen molar-refractivity contribution in [3.63, 3.8) is 0 Å². The summed E-state index contributed by atoms with van der Waals surface area (Å²) in [7, 11) is 3.80. The number of anilines is 2. The molecular weight excluding hydrogens is 254 g/mol. The van der Waals surface area contributed by atoms with Crippen molar-refractivity contribution in [1.29, 1.82) is 0 Å². The lowest BCUT2D eigenvalue weighted by molar-refractivity contribution is 0.247. The molecule has 0 saturated carbocycles. The molecule has 1 saturated heterocycles. The molecule has 0 bridgehead atoms. The summed E-state index contributed by atoms with van der Waals surface area (Å²) >= 11 is 0. The van der Waals surface area contributed by atoms with Gasteiger partial charge in [0.1, 0.15) is 5.82 Å². The van der Waals surface area contributed by atoms with Gasteiger partial charge in [0.25, 0.3) is 0 Å². The van der Waals surface area contributed by atoms with Crippen molar-refractivity contribution in [3.05, 3.63) is 5.82 Å². The van der Waals surface area contributed by atoms with E-state index >= 15 is 0 Å². The molecule has 7 nitrogen and oxygen atoms in total. The van der Waals surface area contributed by atoms with Crippen LogP contribution >= 0.6 is 0 Å². The Hall–Kier alpha value is -1.47. The minimum atomic E-state index is 0.286. The van der Waals surface area contributed by atoms with Gasteiger partial charge < -0.3 is 16.0 Å². The van der Waals surface area contributed by atoms with E-state index in [1.807, 2.05) is 19.0 Å². The van der Waals surface area contributed by atoms with Crippen LogP contribution in [-0.2, 0) is 6.54 Å². The van der Waals surface area contributed by atoms with Gasteiger partial charge in [-0.05, 0) is 25.9 Å². The molecule has 1 aliphatic heterocycles. The molecule has 0 aromatic carbocycles. The third kappa shape index (κ3) is 4.01. The lowest BCUT2D eigenvalue weighted by atomic mass is 10.2. The highest BCUT2D eigenvalue weighted by Gasteiger charge is 2.18. The Labute approximate surface area is 120 Å². The summed E-state index contributed by atoms with van der Waals surface area (Å²) in [5, 5.41) is 3.52. The lowest BCUT2D eigenvalue weighted by Gasteiger charge is -2.23. The van der Waals surface area contributed by atoms with E-state index in [1.165, 1.54) is 12.8 Å². The largest absolute Gasteiger partial charge is 0.368 e. The fourth-order valence-corrected chi connectivity index (χ4v) is 2.43. The second kappa shape index (κ2) is 6.81. The highest BCUT2D eigenvalue weighted by atomic mass is 15.3. The van der Waals surface area contributed by atoms with Crippen LogP contribution < -0.4 is 16.0 Å². The molecule has 7 heteroatoms. The predicted molar refractivity (Wildman–Crippen MR) is 80.5 cm³/mol. The van der Waals surface area contributed by atoms with Crippen LogP contribution in [0.3, 0.4) is 0 Å². The molecule has 20 heavy (non-hydrogen) atoms. The molecule has 0 amide bonds. The van der Waals surface area contributed by atoms with Gasteiger partial charge in [0.2, 0.25) is 11.9 Å². The van der Waals surface area contributed by atoms with Gasteiger partial charge in [-0.25, -0.2) is 0 Å². The van der Waals surface area contributed by atoms with Gasteiger partial charge in [0.05, 0.1) is 6.54 Å². The quantitative estimate of drug-likeness (QED) is 0.763. The fraction of sp³-hybridized carbons (Fsp3) is 0.769. The normalized spacial score (nSPS) is 18.7. The number of aromatic nitrogens is 3. The number of likely N-dealkylation sites (N-methyl/N-ethyl adjacent to an activating group) is 1. The number of rotatable bonds is 6. The maximum atomic E-state index is 5.76. The Kier molecular flexibility index (Phi) is 5.08. The van der Waals surface area contributed by atoms with E-state index in [0.29, 0.717) is 18.5 Å². The SMILES string of the molecule is CCN(Cc1nc(N)nc(N(C)C)n1)CC1CCCN1. The molecule has 0 radical (unpaired) electrons. The fourth-order valence-electron chi connectivity index (χ4n) is 2.43. The Morgan fingerprint density at radius 2 is 2.10 bits per heavy atom. The average molecular weight is 279 g/mol. The van der Waals surface area contributed by atoms with E-state index in [-0.39, 0.29) is 5.95 Å². The van der Waals surface area contributed by atoms with E-state index in [1.54, 1.807) is 0 Å². The first-order valence-electron chi connectivity index (χ1n) is 7.22. The highest BCUT2D eigenvalue weighted by molar-refractivity contribution is 5.32. The molecule has 112 valence electrons. The number of nitrogen functional groups attached to an aromatic ring is 1. The van der Waals surface area contributed by atoms with Crippen molar-refractivity contribution < 1.29 is 0 Å². The van der Waals surface area contributed by atoms with E-state index < -0.39 is 0 Å². The lowest BCUT2D eigenvalue weighted by Crippen LogP contribution is -2.37. The third-order valence-electron chi connectivity index (χ3n) is 3.54. The maximum absolute atomic E-state index is 5.76. The van der Waals surface area contributed by atoms with Crippen molar-refractivity contribution in [2.24, 2.45) is 0 Å². The Morgan fingerprint density at radius 1 is 1.30 bits per heavy atom. The summed E-state index contributed by atoms with van der Waals surface area (Å²) in [6.07, 6.45) is 2.52. The molecule has 1 unspecified atom stereocenters. The minimum Gasteiger partial charge on any atom is -0.368 e. The molecular formula is C13H25N7. The zero-order chi connectivity index (χ0) is 14.5. The molecule has 0 spiro atoms. The topological polar surface area (TPSA) is 83.2 Å². The molecule has 1 aromatic rings. The predicted octanol–water partition coefficient (Wildman–Crippen LogP) is 0.0937. The summed E-state index contributed by atoms with van der Waals surface area (Å²) in [4.78, 5) is 17.0. The number of hydrogen-bond acceptors (Lipinski definition) is 7. The molecule has 2 rings (SSSR count). The molecule has 1 aromatic heterocycles. The van der Waals surface area contributed by atoms with Crippen LogP contribution in [0.4, 0.5) is 11.9 Å². The summed E-state index contributed by atoms with van der Waals surface area (Å²) in [6.45, 7) is 6.00. The van der Waals surface area contributed by atoms with Crippen molar-refractivity contribution in [2.75, 3.05) is 44.4 Å². The standard InChI is InChI=1S/C13H25N7/c1-4-20(8-10-6-5-7-15-10)9-11-16-12(14)18-13(17-11)19(2)3/h10,15H,4-9H2,1-3H3,(H2,14,16,17,18). The number of hydrogen-bond donors (Lipinski definition) is 2. The van der Waals surface area contributed by atoms with Gasteiger partial charge in [-0.3, -0.25) is 4.90 Å². The monoisotopic (exact) mass is 279 g/mol. The van der Waals surface area contributed by atoms with Gasteiger partial charge in [-0.2, -0.15) is 15.0 Å². The van der Waals surface area contributed by atoms with Crippen LogP contribution in [0.1, 0.15) is 25.6 Å². The van der Waals surface area contributed by atoms with E-state index in [2.05, 4.69) is 32.1 Å². The molecule has 3 N–H and O–H groups in total. The molecule has 1 fully saturated rings. The van der Waals surface area contributed by atoms with E-state index in [9.17, 15) is 0 Å². The van der Waals surface area contributed by atoms with Crippen LogP contribution in [0.25, 0.3) is 0 Å². The van der Waals surface area contributed by atoms with Gasteiger partial charge in [-0.15, -0.1) is 0 Å².